The molecule has 0 aromatic heterocycles. The number of rotatable bonds is 5. The van der Waals surface area contributed by atoms with Gasteiger partial charge in [-0.3, -0.25) is 5.14 Å². The summed E-state index contributed by atoms with van der Waals surface area (Å²) in [6.45, 7) is 5.84. The number of halogens is 2. The van der Waals surface area contributed by atoms with E-state index in [4.69, 9.17) is 5.14 Å². The third-order valence-electron chi connectivity index (χ3n) is 2.96. The summed E-state index contributed by atoms with van der Waals surface area (Å²) in [5.41, 5.74) is 0.932. The third kappa shape index (κ3) is 4.44. The summed E-state index contributed by atoms with van der Waals surface area (Å²) in [7, 11) is -1.35. The van der Waals surface area contributed by atoms with Gasteiger partial charge in [-0.15, -0.1) is 0 Å². The lowest BCUT2D eigenvalue weighted by atomic mass is 9.92. The van der Waals surface area contributed by atoms with Gasteiger partial charge in [0.2, 0.25) is 0 Å². The Morgan fingerprint density at radius 1 is 1.50 bits per heavy atom. The van der Waals surface area contributed by atoms with Gasteiger partial charge < -0.3 is 0 Å². The van der Waals surface area contributed by atoms with Crippen LogP contribution in [0.5, 0.6) is 0 Å². The van der Waals surface area contributed by atoms with Crippen molar-refractivity contribution in [3.05, 3.63) is 34.1 Å². The van der Waals surface area contributed by atoms with Crippen LogP contribution in [-0.4, -0.2) is 8.96 Å². The normalized spacial score (nSPS) is 15.4. The van der Waals surface area contributed by atoms with E-state index in [-0.39, 0.29) is 11.7 Å². The Morgan fingerprint density at radius 2 is 2.11 bits per heavy atom. The molecule has 0 radical (unpaired) electrons. The van der Waals surface area contributed by atoms with Crippen LogP contribution >= 0.6 is 15.9 Å². The van der Waals surface area contributed by atoms with E-state index >= 15 is 0 Å². The molecule has 0 aliphatic heterocycles. The molecule has 2 nitrogen and oxygen atoms in total. The van der Waals surface area contributed by atoms with Crippen molar-refractivity contribution >= 4 is 26.9 Å². The average Bonchev–Trinajstić information content (AvgIpc) is 2.22. The highest BCUT2D eigenvalue weighted by Crippen LogP contribution is 2.26. The minimum atomic E-state index is -1.35. The Bertz CT molecular complexity index is 451. The van der Waals surface area contributed by atoms with Crippen molar-refractivity contribution in [2.45, 2.75) is 38.4 Å². The van der Waals surface area contributed by atoms with E-state index in [0.717, 1.165) is 22.9 Å². The molecule has 1 aromatic rings. The number of hydrogen-bond donors (Lipinski definition) is 1. The Balaban J connectivity index is 2.73. The largest absolute Gasteiger partial charge is 0.251 e. The lowest BCUT2D eigenvalue weighted by molar-refractivity contribution is 0.454. The zero-order valence-electron chi connectivity index (χ0n) is 10.9. The maximum atomic E-state index is 13.2. The minimum absolute atomic E-state index is 0.234. The van der Waals surface area contributed by atoms with E-state index in [1.165, 1.54) is 12.1 Å². The predicted molar refractivity (Wildman–Crippen MR) is 78.0 cm³/mol. The zero-order chi connectivity index (χ0) is 13.9. The Labute approximate surface area is 119 Å². The SMILES string of the molecule is C[C@H](Cc1cc(F)ccc1Br)CC(C)(C)S(N)=O. The van der Waals surface area contributed by atoms with Crippen LogP contribution in [0, 0.1) is 11.7 Å². The van der Waals surface area contributed by atoms with Gasteiger partial charge in [0.05, 0.1) is 15.7 Å². The topological polar surface area (TPSA) is 43.1 Å². The molecule has 0 amide bonds. The predicted octanol–water partition coefficient (Wildman–Crippen LogP) is 3.56. The molecule has 0 bridgehead atoms. The molecular weight excluding hydrogens is 317 g/mol. The molecular formula is C13H19BrFNOS. The lowest BCUT2D eigenvalue weighted by Crippen LogP contribution is -2.34. The molecule has 5 heteroatoms. The van der Waals surface area contributed by atoms with Gasteiger partial charge in [0, 0.05) is 4.47 Å². The molecule has 1 aromatic carbocycles. The van der Waals surface area contributed by atoms with Crippen molar-refractivity contribution in [1.29, 1.82) is 0 Å². The van der Waals surface area contributed by atoms with Gasteiger partial charge in [-0.1, -0.05) is 22.9 Å². The highest BCUT2D eigenvalue weighted by Gasteiger charge is 2.26. The Hall–Kier alpha value is -0.260. The summed E-state index contributed by atoms with van der Waals surface area (Å²) >= 11 is 3.42. The molecule has 0 saturated heterocycles. The monoisotopic (exact) mass is 335 g/mol. The fourth-order valence-electron chi connectivity index (χ4n) is 2.07. The molecule has 1 rings (SSSR count). The third-order valence-corrected chi connectivity index (χ3v) is 4.99. The standard InChI is InChI=1S/C13H19BrFNOS/c1-9(8-13(2,3)18(16)17)6-10-7-11(15)4-5-12(10)14/h4-5,7,9H,6,8,16H2,1-3H3/t9-,18?/m1/s1. The summed E-state index contributed by atoms with van der Waals surface area (Å²) in [6.07, 6.45) is 1.47. The zero-order valence-corrected chi connectivity index (χ0v) is 13.3. The molecule has 2 N–H and O–H groups in total. The number of hydrogen-bond acceptors (Lipinski definition) is 1. The van der Waals surface area contributed by atoms with Crippen LogP contribution in [0.2, 0.25) is 0 Å². The van der Waals surface area contributed by atoms with E-state index in [1.54, 1.807) is 6.07 Å². The van der Waals surface area contributed by atoms with Crippen molar-refractivity contribution < 1.29 is 8.60 Å². The summed E-state index contributed by atoms with van der Waals surface area (Å²) < 4.78 is 25.1. The Kier molecular flexibility index (Phi) is 5.49. The van der Waals surface area contributed by atoms with E-state index < -0.39 is 15.7 Å². The van der Waals surface area contributed by atoms with Gasteiger partial charge in [-0.25, -0.2) is 8.60 Å². The fourth-order valence-corrected chi connectivity index (χ4v) is 2.93. The Morgan fingerprint density at radius 3 is 2.67 bits per heavy atom. The minimum Gasteiger partial charge on any atom is -0.251 e. The second-order valence-corrected chi connectivity index (χ2v) is 7.86. The molecule has 0 aliphatic carbocycles. The molecule has 0 heterocycles. The van der Waals surface area contributed by atoms with Crippen LogP contribution in [0.1, 0.15) is 32.8 Å². The van der Waals surface area contributed by atoms with Crippen molar-refractivity contribution in [2.24, 2.45) is 11.1 Å². The van der Waals surface area contributed by atoms with Crippen molar-refractivity contribution in [3.63, 3.8) is 0 Å². The highest BCUT2D eigenvalue weighted by atomic mass is 79.9. The molecule has 0 spiro atoms. The first-order chi connectivity index (χ1) is 8.22. The van der Waals surface area contributed by atoms with Gasteiger partial charge in [-0.05, 0) is 56.4 Å². The molecule has 0 aliphatic rings. The van der Waals surface area contributed by atoms with Gasteiger partial charge in [0.25, 0.3) is 0 Å². The van der Waals surface area contributed by atoms with Gasteiger partial charge in [0.15, 0.2) is 0 Å². The van der Waals surface area contributed by atoms with Gasteiger partial charge >= 0.3 is 0 Å². The highest BCUT2D eigenvalue weighted by molar-refractivity contribution is 9.10. The maximum absolute atomic E-state index is 13.2. The molecule has 18 heavy (non-hydrogen) atoms. The summed E-state index contributed by atoms with van der Waals surface area (Å²) in [4.78, 5) is 0. The molecule has 0 saturated carbocycles. The molecule has 102 valence electrons. The average molecular weight is 336 g/mol. The van der Waals surface area contributed by atoms with Crippen LogP contribution in [0.15, 0.2) is 22.7 Å². The second kappa shape index (κ2) is 6.26. The summed E-state index contributed by atoms with van der Waals surface area (Å²) in [5.74, 6) is 0.0488. The van der Waals surface area contributed by atoms with Crippen molar-refractivity contribution in [2.75, 3.05) is 0 Å². The maximum Gasteiger partial charge on any atom is 0.123 e. The molecule has 1 unspecified atom stereocenters. The first kappa shape index (κ1) is 15.8. The molecule has 0 fully saturated rings. The summed E-state index contributed by atoms with van der Waals surface area (Å²) in [6, 6.07) is 4.67. The first-order valence-electron chi connectivity index (χ1n) is 5.82. The fraction of sp³-hybridized carbons (Fsp3) is 0.538. The van der Waals surface area contributed by atoms with E-state index in [1.807, 2.05) is 13.8 Å². The second-order valence-electron chi connectivity index (χ2n) is 5.31. The van der Waals surface area contributed by atoms with Gasteiger partial charge in [0.1, 0.15) is 5.82 Å². The van der Waals surface area contributed by atoms with E-state index in [0.29, 0.717) is 0 Å². The van der Waals surface area contributed by atoms with Gasteiger partial charge in [-0.2, -0.15) is 0 Å². The number of nitrogens with two attached hydrogens (primary N) is 1. The van der Waals surface area contributed by atoms with Crippen LogP contribution in [0.4, 0.5) is 4.39 Å². The van der Waals surface area contributed by atoms with Crippen LogP contribution < -0.4 is 5.14 Å². The number of benzene rings is 1. The summed E-state index contributed by atoms with van der Waals surface area (Å²) in [5, 5.41) is 5.47. The first-order valence-corrected chi connectivity index (χ1v) is 7.83. The smallest absolute Gasteiger partial charge is 0.123 e. The van der Waals surface area contributed by atoms with Crippen molar-refractivity contribution in [3.8, 4) is 0 Å². The van der Waals surface area contributed by atoms with Crippen molar-refractivity contribution in [1.82, 2.24) is 0 Å². The van der Waals surface area contributed by atoms with Crippen LogP contribution in [-0.2, 0) is 17.4 Å². The molecule has 2 atom stereocenters. The van der Waals surface area contributed by atoms with Crippen LogP contribution in [0.3, 0.4) is 0 Å². The van der Waals surface area contributed by atoms with E-state index in [9.17, 15) is 8.60 Å². The quantitative estimate of drug-likeness (QED) is 0.878. The van der Waals surface area contributed by atoms with E-state index in [2.05, 4.69) is 22.9 Å². The lowest BCUT2D eigenvalue weighted by Gasteiger charge is -2.25. The van der Waals surface area contributed by atoms with Crippen LogP contribution in [0.25, 0.3) is 0 Å².